The second kappa shape index (κ2) is 4.93. The van der Waals surface area contributed by atoms with Gasteiger partial charge in [-0.15, -0.1) is 0 Å². The molecular weight excluding hydrogens is 192 g/mol. The molecule has 0 aliphatic carbocycles. The van der Waals surface area contributed by atoms with Gasteiger partial charge < -0.3 is 11.1 Å². The van der Waals surface area contributed by atoms with Gasteiger partial charge in [-0.2, -0.15) is 5.10 Å². The normalized spacial score (nSPS) is 12.9. The van der Waals surface area contributed by atoms with E-state index in [2.05, 4.69) is 15.5 Å². The summed E-state index contributed by atoms with van der Waals surface area (Å²) in [4.78, 5) is 11.6. The highest BCUT2D eigenvalue weighted by molar-refractivity contribution is 5.93. The maximum atomic E-state index is 11.6. The molecule has 1 rings (SSSR count). The smallest absolute Gasteiger partial charge is 0.242 e. The molecular formula is C10H18N4O. The van der Waals surface area contributed by atoms with E-state index in [1.54, 1.807) is 6.07 Å². The van der Waals surface area contributed by atoms with Crippen LogP contribution >= 0.6 is 0 Å². The molecule has 0 unspecified atom stereocenters. The summed E-state index contributed by atoms with van der Waals surface area (Å²) < 4.78 is 0. The standard InChI is InChI=1S/C10H18N4O/c1-6(2)4-8(11)10(15)12-9-5-7(3)13-14-9/h5-6,8H,4,11H2,1-3H3,(H2,12,13,14,15)/t8-/m0/s1. The maximum Gasteiger partial charge on any atom is 0.242 e. The number of hydrogen-bond acceptors (Lipinski definition) is 3. The van der Waals surface area contributed by atoms with Gasteiger partial charge in [0.05, 0.1) is 6.04 Å². The molecule has 1 aromatic heterocycles. The minimum absolute atomic E-state index is 0.185. The van der Waals surface area contributed by atoms with Gasteiger partial charge in [0.25, 0.3) is 0 Å². The van der Waals surface area contributed by atoms with Crippen LogP contribution in [-0.2, 0) is 4.79 Å². The van der Waals surface area contributed by atoms with Crippen molar-refractivity contribution < 1.29 is 4.79 Å². The Hall–Kier alpha value is -1.36. The van der Waals surface area contributed by atoms with Crippen LogP contribution < -0.4 is 11.1 Å². The van der Waals surface area contributed by atoms with Crippen molar-refractivity contribution in [1.29, 1.82) is 0 Å². The Morgan fingerprint density at radius 2 is 2.33 bits per heavy atom. The molecule has 1 aromatic rings. The molecule has 5 nitrogen and oxygen atoms in total. The Bertz CT molecular complexity index is 332. The lowest BCUT2D eigenvalue weighted by molar-refractivity contribution is -0.117. The predicted octanol–water partition coefficient (Wildman–Crippen LogP) is 1.03. The first-order chi connectivity index (χ1) is 6.99. The molecule has 0 saturated heterocycles. The molecule has 1 heterocycles. The van der Waals surface area contributed by atoms with E-state index in [4.69, 9.17) is 5.73 Å². The Labute approximate surface area is 89.4 Å². The molecule has 0 fully saturated rings. The lowest BCUT2D eigenvalue weighted by Crippen LogP contribution is -2.36. The van der Waals surface area contributed by atoms with Crippen LogP contribution in [0.2, 0.25) is 0 Å². The Morgan fingerprint density at radius 1 is 1.67 bits per heavy atom. The minimum Gasteiger partial charge on any atom is -0.320 e. The first-order valence-corrected chi connectivity index (χ1v) is 5.07. The van der Waals surface area contributed by atoms with Crippen LogP contribution in [0.3, 0.4) is 0 Å². The number of aromatic nitrogens is 2. The third kappa shape index (κ3) is 3.71. The van der Waals surface area contributed by atoms with Crippen molar-refractivity contribution in [2.24, 2.45) is 11.7 Å². The third-order valence-corrected chi connectivity index (χ3v) is 2.02. The lowest BCUT2D eigenvalue weighted by Gasteiger charge is -2.12. The lowest BCUT2D eigenvalue weighted by atomic mass is 10.0. The number of carbonyl (C=O) groups excluding carboxylic acids is 1. The zero-order valence-corrected chi connectivity index (χ0v) is 9.37. The number of nitrogens with two attached hydrogens (primary N) is 1. The van der Waals surface area contributed by atoms with Crippen LogP contribution in [0.5, 0.6) is 0 Å². The van der Waals surface area contributed by atoms with Gasteiger partial charge in [-0.3, -0.25) is 9.89 Å². The molecule has 84 valence electrons. The summed E-state index contributed by atoms with van der Waals surface area (Å²) in [6, 6.07) is 1.29. The van der Waals surface area contributed by atoms with Gasteiger partial charge >= 0.3 is 0 Å². The summed E-state index contributed by atoms with van der Waals surface area (Å²) in [7, 11) is 0. The largest absolute Gasteiger partial charge is 0.320 e. The molecule has 0 radical (unpaired) electrons. The first-order valence-electron chi connectivity index (χ1n) is 5.07. The van der Waals surface area contributed by atoms with Crippen molar-refractivity contribution in [3.05, 3.63) is 11.8 Å². The Morgan fingerprint density at radius 3 is 2.80 bits per heavy atom. The van der Waals surface area contributed by atoms with Crippen LogP contribution in [0.1, 0.15) is 26.0 Å². The van der Waals surface area contributed by atoms with Gasteiger partial charge in [-0.25, -0.2) is 0 Å². The minimum atomic E-state index is -0.470. The third-order valence-electron chi connectivity index (χ3n) is 2.02. The summed E-state index contributed by atoms with van der Waals surface area (Å²) in [6.07, 6.45) is 0.676. The van der Waals surface area contributed by atoms with E-state index in [1.807, 2.05) is 20.8 Å². The molecule has 1 amide bonds. The molecule has 0 spiro atoms. The summed E-state index contributed by atoms with van der Waals surface area (Å²) in [5.41, 5.74) is 6.63. The number of nitrogens with zero attached hydrogens (tertiary/aromatic N) is 1. The van der Waals surface area contributed by atoms with Gasteiger partial charge in [0, 0.05) is 11.8 Å². The molecule has 5 heteroatoms. The SMILES string of the molecule is Cc1cc(NC(=O)[C@@H](N)CC(C)C)n[nH]1. The van der Waals surface area contributed by atoms with Crippen molar-refractivity contribution in [2.45, 2.75) is 33.2 Å². The van der Waals surface area contributed by atoms with Crippen LogP contribution in [0, 0.1) is 12.8 Å². The molecule has 0 saturated carbocycles. The molecule has 0 aliphatic heterocycles. The summed E-state index contributed by atoms with van der Waals surface area (Å²) >= 11 is 0. The quantitative estimate of drug-likeness (QED) is 0.694. The number of aryl methyl sites for hydroxylation is 1. The van der Waals surface area contributed by atoms with Crippen molar-refractivity contribution in [2.75, 3.05) is 5.32 Å². The number of H-pyrrole nitrogens is 1. The highest BCUT2D eigenvalue weighted by Gasteiger charge is 2.15. The van der Waals surface area contributed by atoms with Gasteiger partial charge in [-0.1, -0.05) is 13.8 Å². The van der Waals surface area contributed by atoms with Crippen molar-refractivity contribution in [1.82, 2.24) is 10.2 Å². The average Bonchev–Trinajstić information content (AvgIpc) is 2.50. The van der Waals surface area contributed by atoms with E-state index in [-0.39, 0.29) is 5.91 Å². The van der Waals surface area contributed by atoms with E-state index in [0.29, 0.717) is 18.2 Å². The topological polar surface area (TPSA) is 83.8 Å². The van der Waals surface area contributed by atoms with Gasteiger partial charge in [0.15, 0.2) is 5.82 Å². The fraction of sp³-hybridized carbons (Fsp3) is 0.600. The van der Waals surface area contributed by atoms with Gasteiger partial charge in [0.1, 0.15) is 0 Å². The first kappa shape index (κ1) is 11.7. The zero-order chi connectivity index (χ0) is 11.4. The van der Waals surface area contributed by atoms with Crippen LogP contribution in [-0.4, -0.2) is 22.1 Å². The Balaban J connectivity index is 2.48. The predicted molar refractivity (Wildman–Crippen MR) is 59.4 cm³/mol. The number of nitrogens with one attached hydrogen (secondary N) is 2. The average molecular weight is 210 g/mol. The maximum absolute atomic E-state index is 11.6. The number of carbonyl (C=O) groups is 1. The summed E-state index contributed by atoms with van der Waals surface area (Å²) in [5.74, 6) is 0.749. The van der Waals surface area contributed by atoms with E-state index in [9.17, 15) is 4.79 Å². The second-order valence-electron chi connectivity index (χ2n) is 4.16. The number of anilines is 1. The Kier molecular flexibility index (Phi) is 3.85. The van der Waals surface area contributed by atoms with Crippen LogP contribution in [0.15, 0.2) is 6.07 Å². The molecule has 0 aliphatic rings. The molecule has 4 N–H and O–H groups in total. The van der Waals surface area contributed by atoms with E-state index >= 15 is 0 Å². The van der Waals surface area contributed by atoms with Crippen LogP contribution in [0.25, 0.3) is 0 Å². The fourth-order valence-electron chi connectivity index (χ4n) is 1.32. The highest BCUT2D eigenvalue weighted by atomic mass is 16.2. The van der Waals surface area contributed by atoms with Crippen molar-refractivity contribution in [3.63, 3.8) is 0 Å². The van der Waals surface area contributed by atoms with E-state index in [0.717, 1.165) is 5.69 Å². The van der Waals surface area contributed by atoms with E-state index < -0.39 is 6.04 Å². The number of amides is 1. The van der Waals surface area contributed by atoms with Crippen LogP contribution in [0.4, 0.5) is 5.82 Å². The molecule has 1 atom stereocenters. The zero-order valence-electron chi connectivity index (χ0n) is 9.37. The van der Waals surface area contributed by atoms with E-state index in [1.165, 1.54) is 0 Å². The highest BCUT2D eigenvalue weighted by Crippen LogP contribution is 2.07. The number of rotatable bonds is 4. The number of aromatic amines is 1. The monoisotopic (exact) mass is 210 g/mol. The number of hydrogen-bond donors (Lipinski definition) is 3. The summed E-state index contributed by atoms with van der Waals surface area (Å²) in [5, 5.41) is 9.31. The molecule has 15 heavy (non-hydrogen) atoms. The molecule has 0 aromatic carbocycles. The molecule has 0 bridgehead atoms. The van der Waals surface area contributed by atoms with Crippen molar-refractivity contribution in [3.8, 4) is 0 Å². The second-order valence-corrected chi connectivity index (χ2v) is 4.16. The van der Waals surface area contributed by atoms with Crippen molar-refractivity contribution >= 4 is 11.7 Å². The summed E-state index contributed by atoms with van der Waals surface area (Å²) in [6.45, 7) is 5.94. The fourth-order valence-corrected chi connectivity index (χ4v) is 1.32. The van der Waals surface area contributed by atoms with Gasteiger partial charge in [0.2, 0.25) is 5.91 Å². The van der Waals surface area contributed by atoms with Gasteiger partial charge in [-0.05, 0) is 19.3 Å².